The highest BCUT2D eigenvalue weighted by Gasteiger charge is 2.22. The van der Waals surface area contributed by atoms with E-state index in [4.69, 9.17) is 17.3 Å². The van der Waals surface area contributed by atoms with E-state index in [1.54, 1.807) is 0 Å². The van der Waals surface area contributed by atoms with E-state index in [1.807, 2.05) is 36.1 Å². The summed E-state index contributed by atoms with van der Waals surface area (Å²) in [6, 6.07) is 5.70. The number of aromatic nitrogens is 2. The van der Waals surface area contributed by atoms with Crippen molar-refractivity contribution in [2.45, 2.75) is 26.2 Å². The Kier molecular flexibility index (Phi) is 3.11. The van der Waals surface area contributed by atoms with E-state index in [2.05, 4.69) is 25.9 Å². The van der Waals surface area contributed by atoms with Crippen LogP contribution in [0.4, 0.5) is 5.69 Å². The van der Waals surface area contributed by atoms with Gasteiger partial charge in [-0.15, -0.1) is 0 Å². The van der Waals surface area contributed by atoms with Crippen LogP contribution in [0, 0.1) is 0 Å². The summed E-state index contributed by atoms with van der Waals surface area (Å²) in [4.78, 5) is 0. The molecule has 2 N–H and O–H groups in total. The summed E-state index contributed by atoms with van der Waals surface area (Å²) < 4.78 is 1.83. The van der Waals surface area contributed by atoms with Crippen molar-refractivity contribution in [3.05, 3.63) is 35.1 Å². The zero-order chi connectivity index (χ0) is 13.5. The fourth-order valence-corrected chi connectivity index (χ4v) is 2.08. The van der Waals surface area contributed by atoms with Gasteiger partial charge in [-0.1, -0.05) is 38.4 Å². The van der Waals surface area contributed by atoms with Crippen molar-refractivity contribution in [1.82, 2.24) is 9.78 Å². The molecule has 18 heavy (non-hydrogen) atoms. The van der Waals surface area contributed by atoms with Gasteiger partial charge in [0.1, 0.15) is 0 Å². The fraction of sp³-hybridized carbons (Fsp3) is 0.357. The van der Waals surface area contributed by atoms with Gasteiger partial charge in [0.05, 0.1) is 16.4 Å². The number of aryl methyl sites for hydroxylation is 1. The number of nitrogens with zero attached hydrogens (tertiary/aromatic N) is 2. The molecule has 0 amide bonds. The molecule has 0 fully saturated rings. The van der Waals surface area contributed by atoms with Crippen LogP contribution in [-0.4, -0.2) is 9.78 Å². The number of hydrogen-bond acceptors (Lipinski definition) is 2. The summed E-state index contributed by atoms with van der Waals surface area (Å²) in [5.74, 6) is 0. The van der Waals surface area contributed by atoms with Crippen LogP contribution < -0.4 is 5.73 Å². The van der Waals surface area contributed by atoms with Crippen LogP contribution in [0.2, 0.25) is 5.02 Å². The lowest BCUT2D eigenvalue weighted by molar-refractivity contribution is 0.554. The minimum Gasteiger partial charge on any atom is -0.398 e. The zero-order valence-electron chi connectivity index (χ0n) is 11.2. The maximum Gasteiger partial charge on any atom is 0.0756 e. The summed E-state index contributed by atoms with van der Waals surface area (Å²) >= 11 is 5.96. The molecule has 0 atom stereocenters. The van der Waals surface area contributed by atoms with E-state index in [1.165, 1.54) is 0 Å². The number of benzene rings is 1. The SMILES string of the molecule is Cn1cc(-c2ccc(Cl)c(N)c2)c(C(C)(C)C)n1. The van der Waals surface area contributed by atoms with Gasteiger partial charge in [-0.25, -0.2) is 0 Å². The van der Waals surface area contributed by atoms with Crippen LogP contribution in [0.15, 0.2) is 24.4 Å². The van der Waals surface area contributed by atoms with E-state index < -0.39 is 0 Å². The van der Waals surface area contributed by atoms with Gasteiger partial charge >= 0.3 is 0 Å². The third kappa shape index (κ3) is 2.36. The molecule has 0 saturated carbocycles. The molecule has 0 aliphatic heterocycles. The van der Waals surface area contributed by atoms with Crippen LogP contribution in [0.25, 0.3) is 11.1 Å². The Hall–Kier alpha value is -1.48. The lowest BCUT2D eigenvalue weighted by Crippen LogP contribution is -2.13. The third-order valence-electron chi connectivity index (χ3n) is 2.85. The van der Waals surface area contributed by atoms with E-state index in [0.717, 1.165) is 16.8 Å². The minimum absolute atomic E-state index is 0.00894. The molecule has 3 nitrogen and oxygen atoms in total. The Morgan fingerprint density at radius 3 is 2.50 bits per heavy atom. The molecular weight excluding hydrogens is 246 g/mol. The highest BCUT2D eigenvalue weighted by atomic mass is 35.5. The van der Waals surface area contributed by atoms with Gasteiger partial charge in [0, 0.05) is 24.2 Å². The lowest BCUT2D eigenvalue weighted by atomic mass is 9.87. The molecule has 0 spiro atoms. The first-order valence-electron chi connectivity index (χ1n) is 5.88. The second-order valence-electron chi connectivity index (χ2n) is 5.55. The van der Waals surface area contributed by atoms with Crippen LogP contribution in [0.3, 0.4) is 0 Å². The molecule has 0 unspecified atom stereocenters. The topological polar surface area (TPSA) is 43.8 Å². The first kappa shape index (κ1) is 13.0. The number of nitrogens with two attached hydrogens (primary N) is 1. The smallest absolute Gasteiger partial charge is 0.0756 e. The average molecular weight is 264 g/mol. The highest BCUT2D eigenvalue weighted by Crippen LogP contribution is 2.33. The Bertz CT molecular complexity index is 579. The van der Waals surface area contributed by atoms with E-state index in [-0.39, 0.29) is 5.41 Å². The molecule has 0 bridgehead atoms. The molecular formula is C14H18ClN3. The molecule has 0 saturated heterocycles. The quantitative estimate of drug-likeness (QED) is 0.799. The molecule has 2 aromatic rings. The zero-order valence-corrected chi connectivity index (χ0v) is 11.9. The number of hydrogen-bond donors (Lipinski definition) is 1. The van der Waals surface area contributed by atoms with E-state index in [0.29, 0.717) is 10.7 Å². The van der Waals surface area contributed by atoms with Crippen molar-refractivity contribution in [2.24, 2.45) is 7.05 Å². The summed E-state index contributed by atoms with van der Waals surface area (Å²) in [5, 5.41) is 5.14. The number of nitrogen functional groups attached to an aromatic ring is 1. The number of rotatable bonds is 1. The molecule has 4 heteroatoms. The van der Waals surface area contributed by atoms with Gasteiger partial charge in [0.25, 0.3) is 0 Å². The molecule has 96 valence electrons. The Morgan fingerprint density at radius 2 is 1.94 bits per heavy atom. The minimum atomic E-state index is -0.00894. The lowest BCUT2D eigenvalue weighted by Gasteiger charge is -2.17. The van der Waals surface area contributed by atoms with Gasteiger partial charge in [0.15, 0.2) is 0 Å². The normalized spacial score (nSPS) is 11.8. The first-order chi connectivity index (χ1) is 8.29. The summed E-state index contributed by atoms with van der Waals surface area (Å²) in [7, 11) is 1.93. The maximum atomic E-state index is 5.96. The van der Waals surface area contributed by atoms with Crippen molar-refractivity contribution in [3.8, 4) is 11.1 Å². The predicted molar refractivity (Wildman–Crippen MR) is 76.8 cm³/mol. The standard InChI is InChI=1S/C14H18ClN3/c1-14(2,3)13-10(8-18(4)17-13)9-5-6-11(15)12(16)7-9/h5-8H,16H2,1-4H3. The van der Waals surface area contributed by atoms with Gasteiger partial charge in [-0.3, -0.25) is 4.68 Å². The predicted octanol–water partition coefficient (Wildman–Crippen LogP) is 3.62. The summed E-state index contributed by atoms with van der Waals surface area (Å²) in [6.45, 7) is 6.45. The Labute approximate surface area is 113 Å². The van der Waals surface area contributed by atoms with Gasteiger partial charge in [0.2, 0.25) is 0 Å². The van der Waals surface area contributed by atoms with Crippen LogP contribution in [-0.2, 0) is 12.5 Å². The van der Waals surface area contributed by atoms with Crippen molar-refractivity contribution in [3.63, 3.8) is 0 Å². The third-order valence-corrected chi connectivity index (χ3v) is 3.19. The molecule has 0 aliphatic carbocycles. The maximum absolute atomic E-state index is 5.96. The van der Waals surface area contributed by atoms with Crippen LogP contribution in [0.1, 0.15) is 26.5 Å². The summed E-state index contributed by atoms with van der Waals surface area (Å²) in [6.07, 6.45) is 2.02. The van der Waals surface area contributed by atoms with Crippen molar-refractivity contribution >= 4 is 17.3 Å². The van der Waals surface area contributed by atoms with Crippen molar-refractivity contribution in [1.29, 1.82) is 0 Å². The number of halogens is 1. The number of anilines is 1. The van der Waals surface area contributed by atoms with Gasteiger partial charge in [-0.2, -0.15) is 5.10 Å². The first-order valence-corrected chi connectivity index (χ1v) is 6.26. The van der Waals surface area contributed by atoms with E-state index >= 15 is 0 Å². The molecule has 0 radical (unpaired) electrons. The molecule has 2 rings (SSSR count). The molecule has 1 heterocycles. The van der Waals surface area contributed by atoms with Gasteiger partial charge < -0.3 is 5.73 Å². The summed E-state index contributed by atoms with van der Waals surface area (Å²) in [5.41, 5.74) is 9.67. The van der Waals surface area contributed by atoms with Crippen LogP contribution in [0.5, 0.6) is 0 Å². The average Bonchev–Trinajstić information content (AvgIpc) is 2.64. The van der Waals surface area contributed by atoms with Crippen LogP contribution >= 0.6 is 11.6 Å². The molecule has 0 aliphatic rings. The van der Waals surface area contributed by atoms with Crippen molar-refractivity contribution < 1.29 is 0 Å². The highest BCUT2D eigenvalue weighted by molar-refractivity contribution is 6.33. The van der Waals surface area contributed by atoms with Gasteiger partial charge in [-0.05, 0) is 17.7 Å². The largest absolute Gasteiger partial charge is 0.398 e. The Balaban J connectivity index is 2.60. The Morgan fingerprint density at radius 1 is 1.28 bits per heavy atom. The fourth-order valence-electron chi connectivity index (χ4n) is 1.96. The molecule has 1 aromatic carbocycles. The van der Waals surface area contributed by atoms with E-state index in [9.17, 15) is 0 Å². The second kappa shape index (κ2) is 4.32. The van der Waals surface area contributed by atoms with Crippen molar-refractivity contribution in [2.75, 3.05) is 5.73 Å². The monoisotopic (exact) mass is 263 g/mol. The molecule has 1 aromatic heterocycles. The second-order valence-corrected chi connectivity index (χ2v) is 5.96.